The second kappa shape index (κ2) is 18.2. The summed E-state index contributed by atoms with van der Waals surface area (Å²) in [5.41, 5.74) is 2.90. The first kappa shape index (κ1) is 39.9. The quantitative estimate of drug-likeness (QED) is 0.0783. The molecule has 0 aliphatic rings. The molecule has 5 rings (SSSR count). The van der Waals surface area contributed by atoms with Gasteiger partial charge in [0.25, 0.3) is 5.91 Å². The summed E-state index contributed by atoms with van der Waals surface area (Å²) >= 11 is 3.02. The number of ether oxygens (including phenoxy) is 1. The molecule has 0 saturated heterocycles. The van der Waals surface area contributed by atoms with Gasteiger partial charge in [-0.2, -0.15) is 11.8 Å². The molecule has 0 aliphatic heterocycles. The molecule has 2 atom stereocenters. The van der Waals surface area contributed by atoms with E-state index < -0.39 is 46.3 Å². The fourth-order valence-electron chi connectivity index (χ4n) is 6.18. The number of hydrogen-bond donors (Lipinski definition) is 4. The normalized spacial score (nSPS) is 12.7. The molecule has 0 heterocycles. The number of hydrogen-bond acceptors (Lipinski definition) is 7. The van der Waals surface area contributed by atoms with Crippen LogP contribution in [0.15, 0.2) is 127 Å². The Kier molecular flexibility index (Phi) is 13.4. The van der Waals surface area contributed by atoms with Crippen molar-refractivity contribution >= 4 is 63.9 Å². The smallest absolute Gasteiger partial charge is 0.408 e. The molecule has 3 amide bonds. The summed E-state index contributed by atoms with van der Waals surface area (Å²) in [6.07, 6.45) is 1.41. The molecule has 0 bridgehead atoms. The van der Waals surface area contributed by atoms with Crippen molar-refractivity contribution in [2.75, 3.05) is 23.1 Å². The molecule has 280 valence electrons. The van der Waals surface area contributed by atoms with Crippen molar-refractivity contribution < 1.29 is 29.0 Å². The van der Waals surface area contributed by atoms with Gasteiger partial charge in [-0.15, -0.1) is 11.8 Å². The Hall–Kier alpha value is -5.26. The lowest BCUT2D eigenvalue weighted by molar-refractivity contribution is -0.139. The minimum Gasteiger partial charge on any atom is -0.480 e. The molecule has 0 unspecified atom stereocenters. The molecule has 0 spiro atoms. The van der Waals surface area contributed by atoms with Gasteiger partial charge in [-0.1, -0.05) is 115 Å². The topological polar surface area (TPSA) is 134 Å². The van der Waals surface area contributed by atoms with Crippen LogP contribution in [0.25, 0.3) is 10.8 Å². The highest BCUT2D eigenvalue weighted by Crippen LogP contribution is 2.48. The van der Waals surface area contributed by atoms with Crippen LogP contribution in [0.4, 0.5) is 10.5 Å². The largest absolute Gasteiger partial charge is 0.480 e. The van der Waals surface area contributed by atoms with Crippen LogP contribution in [0, 0.1) is 0 Å². The third kappa shape index (κ3) is 9.83. The number of amides is 3. The molecule has 54 heavy (non-hydrogen) atoms. The van der Waals surface area contributed by atoms with Crippen molar-refractivity contribution in [3.05, 3.63) is 150 Å². The van der Waals surface area contributed by atoms with Gasteiger partial charge in [0.2, 0.25) is 5.91 Å². The number of aliphatic carboxylic acids is 1. The van der Waals surface area contributed by atoms with E-state index in [4.69, 9.17) is 4.74 Å². The summed E-state index contributed by atoms with van der Waals surface area (Å²) in [4.78, 5) is 53.0. The number of anilines is 1. The Labute approximate surface area is 324 Å². The minimum absolute atomic E-state index is 0.148. The minimum atomic E-state index is -1.11. The fourth-order valence-corrected chi connectivity index (χ4v) is 8.21. The van der Waals surface area contributed by atoms with Gasteiger partial charge in [-0.05, 0) is 73.4 Å². The third-order valence-electron chi connectivity index (χ3n) is 8.65. The van der Waals surface area contributed by atoms with Crippen molar-refractivity contribution in [1.82, 2.24) is 10.6 Å². The van der Waals surface area contributed by atoms with E-state index >= 15 is 0 Å². The number of rotatable bonds is 15. The van der Waals surface area contributed by atoms with E-state index in [1.807, 2.05) is 60.9 Å². The van der Waals surface area contributed by atoms with Gasteiger partial charge in [0.1, 0.15) is 17.7 Å². The highest BCUT2D eigenvalue weighted by molar-refractivity contribution is 8.00. The molecule has 0 aromatic heterocycles. The van der Waals surface area contributed by atoms with Gasteiger partial charge in [-0.3, -0.25) is 9.59 Å². The van der Waals surface area contributed by atoms with Crippen LogP contribution in [0.2, 0.25) is 0 Å². The summed E-state index contributed by atoms with van der Waals surface area (Å²) in [5, 5.41) is 19.3. The van der Waals surface area contributed by atoms with Crippen LogP contribution in [0.3, 0.4) is 0 Å². The van der Waals surface area contributed by atoms with E-state index in [1.165, 1.54) is 23.5 Å². The Morgan fingerprint density at radius 2 is 1.22 bits per heavy atom. The first-order chi connectivity index (χ1) is 25.9. The van der Waals surface area contributed by atoms with Crippen LogP contribution >= 0.6 is 23.5 Å². The van der Waals surface area contributed by atoms with Crippen molar-refractivity contribution in [1.29, 1.82) is 0 Å². The van der Waals surface area contributed by atoms with Gasteiger partial charge in [0.15, 0.2) is 0 Å². The highest BCUT2D eigenvalue weighted by Gasteiger charge is 2.39. The number of thioether (sulfide) groups is 2. The molecule has 0 fully saturated rings. The van der Waals surface area contributed by atoms with Crippen LogP contribution in [0.5, 0.6) is 0 Å². The Morgan fingerprint density at radius 3 is 1.74 bits per heavy atom. The second-order valence-electron chi connectivity index (χ2n) is 13.6. The molecule has 9 nitrogen and oxygen atoms in total. The average molecular weight is 764 g/mol. The number of fused-ring (bicyclic) bond motifs is 1. The van der Waals surface area contributed by atoms with Crippen LogP contribution in [-0.4, -0.2) is 64.4 Å². The molecule has 5 aromatic rings. The number of carboxylic acids is 1. The lowest BCUT2D eigenvalue weighted by atomic mass is 9.84. The zero-order valence-electron chi connectivity index (χ0n) is 30.7. The predicted octanol–water partition coefficient (Wildman–Crippen LogP) is 8.33. The summed E-state index contributed by atoms with van der Waals surface area (Å²) < 4.78 is 4.85. The maximum atomic E-state index is 14.4. The summed E-state index contributed by atoms with van der Waals surface area (Å²) in [6, 6.07) is 38.4. The van der Waals surface area contributed by atoms with E-state index in [0.29, 0.717) is 22.2 Å². The zero-order chi connectivity index (χ0) is 38.7. The lowest BCUT2D eigenvalue weighted by Gasteiger charge is -2.36. The number of carboxylic acid groups (broad SMARTS) is 1. The van der Waals surface area contributed by atoms with E-state index in [2.05, 4.69) is 52.3 Å². The number of carbonyl (C=O) groups is 4. The molecule has 0 saturated carbocycles. The number of alkyl carbamates (subject to hydrolysis) is 1. The summed E-state index contributed by atoms with van der Waals surface area (Å²) in [7, 11) is 0. The standard InChI is InChI=1S/C43H45N3O6S2/c1-42(2,3)52-41(51)46-37(28-54-43(29-16-8-5-9-17-29,30-18-10-6-11-19-30)31-20-12-7-13-21-31)39(48)44-35-25-15-22-32-33(35)23-14-24-34(32)38(47)45-36(40(49)50)26-27-53-4/h5-25,36-37H,26-28H2,1-4H3,(H,44,48)(H,45,47)(H,46,51)(H,49,50)/t36-,37-/m0/s1. The van der Waals surface area contributed by atoms with Crippen LogP contribution in [0.1, 0.15) is 54.2 Å². The zero-order valence-corrected chi connectivity index (χ0v) is 32.3. The maximum Gasteiger partial charge on any atom is 0.408 e. The Bertz CT molecular complexity index is 1960. The first-order valence-corrected chi connectivity index (χ1v) is 20.0. The molecular formula is C43H45N3O6S2. The van der Waals surface area contributed by atoms with Crippen molar-refractivity contribution in [3.63, 3.8) is 0 Å². The van der Waals surface area contributed by atoms with Gasteiger partial charge in [0.05, 0.1) is 4.75 Å². The lowest BCUT2D eigenvalue weighted by Crippen LogP contribution is -2.48. The fraction of sp³-hybridized carbons (Fsp3) is 0.256. The molecule has 4 N–H and O–H groups in total. The van der Waals surface area contributed by atoms with E-state index in [-0.39, 0.29) is 17.7 Å². The SMILES string of the molecule is CSCC[C@H](NC(=O)c1cccc2c(NC(=O)[C@H](CSC(c3ccccc3)(c3ccccc3)c3ccccc3)NC(=O)OC(C)(C)C)cccc12)C(=O)O. The van der Waals surface area contributed by atoms with Crippen LogP contribution in [-0.2, 0) is 19.1 Å². The third-order valence-corrected chi connectivity index (χ3v) is 10.9. The molecule has 0 aliphatic carbocycles. The van der Waals surface area contributed by atoms with E-state index in [0.717, 1.165) is 16.7 Å². The number of nitrogens with one attached hydrogen (secondary N) is 3. The van der Waals surface area contributed by atoms with Crippen molar-refractivity contribution in [3.8, 4) is 0 Å². The van der Waals surface area contributed by atoms with Gasteiger partial charge in [-0.25, -0.2) is 9.59 Å². The summed E-state index contributed by atoms with van der Waals surface area (Å²) in [6.45, 7) is 5.27. The molecular weight excluding hydrogens is 719 g/mol. The Balaban J connectivity index is 1.51. The Morgan fingerprint density at radius 1 is 0.685 bits per heavy atom. The predicted molar refractivity (Wildman–Crippen MR) is 219 cm³/mol. The van der Waals surface area contributed by atoms with Crippen LogP contribution < -0.4 is 16.0 Å². The van der Waals surface area contributed by atoms with Gasteiger partial charge < -0.3 is 25.8 Å². The number of benzene rings is 5. The molecule has 11 heteroatoms. The molecule has 5 aromatic carbocycles. The number of carbonyl (C=O) groups excluding carboxylic acids is 3. The maximum absolute atomic E-state index is 14.4. The second-order valence-corrected chi connectivity index (χ2v) is 15.9. The van der Waals surface area contributed by atoms with E-state index in [1.54, 1.807) is 57.2 Å². The molecule has 0 radical (unpaired) electrons. The van der Waals surface area contributed by atoms with Crippen molar-refractivity contribution in [2.45, 2.75) is 49.6 Å². The monoisotopic (exact) mass is 763 g/mol. The summed E-state index contributed by atoms with van der Waals surface area (Å²) in [5.74, 6) is -1.40. The van der Waals surface area contributed by atoms with E-state index in [9.17, 15) is 24.3 Å². The van der Waals surface area contributed by atoms with Crippen molar-refractivity contribution in [2.24, 2.45) is 0 Å². The first-order valence-electron chi connectivity index (χ1n) is 17.6. The average Bonchev–Trinajstić information content (AvgIpc) is 3.16. The van der Waals surface area contributed by atoms with Gasteiger partial charge in [0, 0.05) is 22.4 Å². The van der Waals surface area contributed by atoms with Gasteiger partial charge >= 0.3 is 12.1 Å². The highest BCUT2D eigenvalue weighted by atomic mass is 32.2.